The smallest absolute Gasteiger partial charge is 0.254 e. The molecule has 2 fully saturated rings. The first kappa shape index (κ1) is 24.1. The highest BCUT2D eigenvalue weighted by molar-refractivity contribution is 5.99. The number of H-pyrrole nitrogens is 1. The highest BCUT2D eigenvalue weighted by atomic mass is 19.1. The van der Waals surface area contributed by atoms with Crippen LogP contribution in [0, 0.1) is 17.6 Å². The number of rotatable bonds is 6. The Labute approximate surface area is 218 Å². The van der Waals surface area contributed by atoms with Crippen LogP contribution in [0.4, 0.5) is 20.3 Å². The standard InChI is InChI=1S/C29H27F2N5O2/c30-20-13-19(14-21(31)15-20)29(38)36-11-8-23(9-12-36)33-22-5-3-17(4-6-22)25-16-26(35-28(37)18-1-2-18)34-27-24(25)7-10-32-27/h3-7,10,13-16,18,23,33H,1-2,8-9,11-12H2,(H2,32,34,35,37). The SMILES string of the molecule is O=C(Nc1cc(-c2ccc(NC3CCN(C(=O)c4cc(F)cc(F)c4)CC3)cc2)c2cc[nH]c2n1)C1CC1. The number of aromatic nitrogens is 2. The van der Waals surface area contributed by atoms with Crippen LogP contribution in [0.25, 0.3) is 22.2 Å². The molecule has 6 rings (SSSR count). The van der Waals surface area contributed by atoms with Gasteiger partial charge in [0.1, 0.15) is 23.1 Å². The molecule has 0 radical (unpaired) electrons. The number of aromatic amines is 1. The van der Waals surface area contributed by atoms with Crippen molar-refractivity contribution in [2.45, 2.75) is 31.7 Å². The van der Waals surface area contributed by atoms with Gasteiger partial charge in [0, 0.05) is 53.9 Å². The Morgan fingerprint density at radius 2 is 1.63 bits per heavy atom. The molecular weight excluding hydrogens is 488 g/mol. The summed E-state index contributed by atoms with van der Waals surface area (Å²) in [5.74, 6) is -1.21. The number of hydrogen-bond donors (Lipinski definition) is 3. The number of nitrogens with one attached hydrogen (secondary N) is 3. The summed E-state index contributed by atoms with van der Waals surface area (Å²) in [5, 5.41) is 7.45. The molecule has 3 heterocycles. The van der Waals surface area contributed by atoms with E-state index in [0.29, 0.717) is 18.9 Å². The van der Waals surface area contributed by atoms with Gasteiger partial charge in [-0.1, -0.05) is 12.1 Å². The molecular formula is C29H27F2N5O2. The quantitative estimate of drug-likeness (QED) is 0.313. The normalized spacial score (nSPS) is 16.0. The summed E-state index contributed by atoms with van der Waals surface area (Å²) in [6.07, 6.45) is 5.15. The Balaban J connectivity index is 1.11. The van der Waals surface area contributed by atoms with Crippen molar-refractivity contribution < 1.29 is 18.4 Å². The van der Waals surface area contributed by atoms with Gasteiger partial charge in [-0.3, -0.25) is 9.59 Å². The van der Waals surface area contributed by atoms with E-state index >= 15 is 0 Å². The zero-order chi connectivity index (χ0) is 26.2. The predicted octanol–water partition coefficient (Wildman–Crippen LogP) is 5.57. The first-order chi connectivity index (χ1) is 18.4. The molecule has 0 atom stereocenters. The van der Waals surface area contributed by atoms with E-state index in [9.17, 15) is 18.4 Å². The number of piperidine rings is 1. The van der Waals surface area contributed by atoms with Crippen molar-refractivity contribution in [2.75, 3.05) is 23.7 Å². The third kappa shape index (κ3) is 5.09. The molecule has 0 unspecified atom stereocenters. The molecule has 1 saturated heterocycles. The monoisotopic (exact) mass is 515 g/mol. The fourth-order valence-electron chi connectivity index (χ4n) is 4.98. The van der Waals surface area contributed by atoms with Gasteiger partial charge in [0.15, 0.2) is 0 Å². The number of anilines is 2. The molecule has 1 saturated carbocycles. The topological polar surface area (TPSA) is 90.1 Å². The molecule has 38 heavy (non-hydrogen) atoms. The molecule has 2 aromatic carbocycles. The number of amides is 2. The van der Waals surface area contributed by atoms with Crippen LogP contribution in [0.15, 0.2) is 60.8 Å². The van der Waals surface area contributed by atoms with Crippen molar-refractivity contribution in [3.63, 3.8) is 0 Å². The van der Waals surface area contributed by atoms with Crippen LogP contribution < -0.4 is 10.6 Å². The summed E-state index contributed by atoms with van der Waals surface area (Å²) in [6.45, 7) is 1.01. The second-order valence-corrected chi connectivity index (χ2v) is 10.0. The Morgan fingerprint density at radius 1 is 0.921 bits per heavy atom. The Hall–Kier alpha value is -4.27. The molecule has 2 aliphatic rings. The lowest BCUT2D eigenvalue weighted by molar-refractivity contribution is -0.117. The van der Waals surface area contributed by atoms with Gasteiger partial charge < -0.3 is 20.5 Å². The van der Waals surface area contributed by atoms with Crippen molar-refractivity contribution in [1.82, 2.24) is 14.9 Å². The Morgan fingerprint density at radius 3 is 2.32 bits per heavy atom. The number of carbonyl (C=O) groups is 2. The third-order valence-electron chi connectivity index (χ3n) is 7.19. The summed E-state index contributed by atoms with van der Waals surface area (Å²) in [4.78, 5) is 34.3. The molecule has 0 bridgehead atoms. The predicted molar refractivity (Wildman–Crippen MR) is 142 cm³/mol. The second-order valence-electron chi connectivity index (χ2n) is 10.0. The first-order valence-corrected chi connectivity index (χ1v) is 12.8. The molecule has 9 heteroatoms. The van der Waals surface area contributed by atoms with Gasteiger partial charge >= 0.3 is 0 Å². The fourth-order valence-corrected chi connectivity index (χ4v) is 4.98. The lowest BCUT2D eigenvalue weighted by Crippen LogP contribution is -2.42. The molecule has 2 amide bonds. The number of hydrogen-bond acceptors (Lipinski definition) is 4. The van der Waals surface area contributed by atoms with E-state index < -0.39 is 11.6 Å². The largest absolute Gasteiger partial charge is 0.382 e. The summed E-state index contributed by atoms with van der Waals surface area (Å²) in [5.41, 5.74) is 3.71. The van der Waals surface area contributed by atoms with Crippen LogP contribution in [0.3, 0.4) is 0 Å². The molecule has 1 aliphatic heterocycles. The molecule has 7 nitrogen and oxygen atoms in total. The number of benzene rings is 2. The van der Waals surface area contributed by atoms with Crippen LogP contribution in [0.1, 0.15) is 36.0 Å². The first-order valence-electron chi connectivity index (χ1n) is 12.8. The number of likely N-dealkylation sites (tertiary alicyclic amines) is 1. The van der Waals surface area contributed by atoms with Crippen LogP contribution in [-0.2, 0) is 4.79 Å². The average molecular weight is 516 g/mol. The zero-order valence-electron chi connectivity index (χ0n) is 20.6. The average Bonchev–Trinajstić information content (AvgIpc) is 3.66. The molecule has 4 aromatic rings. The van der Waals surface area contributed by atoms with Gasteiger partial charge in [-0.2, -0.15) is 0 Å². The van der Waals surface area contributed by atoms with Crippen molar-refractivity contribution in [3.8, 4) is 11.1 Å². The second kappa shape index (κ2) is 9.89. The molecule has 1 aliphatic carbocycles. The maximum atomic E-state index is 13.5. The highest BCUT2D eigenvalue weighted by Crippen LogP contribution is 2.33. The Kier molecular flexibility index (Phi) is 6.27. The number of nitrogens with zero attached hydrogens (tertiary/aromatic N) is 2. The minimum absolute atomic E-state index is 0.0183. The van der Waals surface area contributed by atoms with E-state index in [-0.39, 0.29) is 29.3 Å². The van der Waals surface area contributed by atoms with Crippen molar-refractivity contribution in [1.29, 1.82) is 0 Å². The summed E-state index contributed by atoms with van der Waals surface area (Å²) in [6, 6.07) is 15.1. The van der Waals surface area contributed by atoms with E-state index in [0.717, 1.165) is 71.7 Å². The van der Waals surface area contributed by atoms with E-state index in [1.54, 1.807) is 4.90 Å². The minimum Gasteiger partial charge on any atom is -0.382 e. The third-order valence-corrected chi connectivity index (χ3v) is 7.19. The van der Waals surface area contributed by atoms with Crippen LogP contribution >= 0.6 is 0 Å². The fraction of sp³-hybridized carbons (Fsp3) is 0.276. The number of carbonyl (C=O) groups excluding carboxylic acids is 2. The van der Waals surface area contributed by atoms with Crippen molar-refractivity contribution in [3.05, 3.63) is 78.0 Å². The Bertz CT molecular complexity index is 1490. The molecule has 194 valence electrons. The van der Waals surface area contributed by atoms with Gasteiger partial charge in [0.2, 0.25) is 5.91 Å². The van der Waals surface area contributed by atoms with E-state index in [1.807, 2.05) is 42.6 Å². The zero-order valence-corrected chi connectivity index (χ0v) is 20.6. The lowest BCUT2D eigenvalue weighted by atomic mass is 10.0. The van der Waals surface area contributed by atoms with Crippen molar-refractivity contribution >= 4 is 34.4 Å². The molecule has 2 aromatic heterocycles. The summed E-state index contributed by atoms with van der Waals surface area (Å²) < 4.78 is 27.0. The van der Waals surface area contributed by atoms with Gasteiger partial charge in [-0.25, -0.2) is 13.8 Å². The van der Waals surface area contributed by atoms with E-state index in [1.165, 1.54) is 0 Å². The molecule has 3 N–H and O–H groups in total. The number of halogens is 2. The van der Waals surface area contributed by atoms with Gasteiger partial charge in [0.25, 0.3) is 5.91 Å². The van der Waals surface area contributed by atoms with Gasteiger partial charge in [-0.05, 0) is 73.2 Å². The summed E-state index contributed by atoms with van der Waals surface area (Å²) in [7, 11) is 0. The van der Waals surface area contributed by atoms with Gasteiger partial charge in [0.05, 0.1) is 0 Å². The van der Waals surface area contributed by atoms with Crippen LogP contribution in [0.5, 0.6) is 0 Å². The maximum Gasteiger partial charge on any atom is 0.254 e. The van der Waals surface area contributed by atoms with E-state index in [2.05, 4.69) is 20.6 Å². The number of fused-ring (bicyclic) bond motifs is 1. The van der Waals surface area contributed by atoms with Crippen LogP contribution in [0.2, 0.25) is 0 Å². The summed E-state index contributed by atoms with van der Waals surface area (Å²) >= 11 is 0. The van der Waals surface area contributed by atoms with E-state index in [4.69, 9.17) is 0 Å². The maximum absolute atomic E-state index is 13.5. The highest BCUT2D eigenvalue weighted by Gasteiger charge is 2.30. The van der Waals surface area contributed by atoms with Crippen LogP contribution in [-0.4, -0.2) is 45.8 Å². The lowest BCUT2D eigenvalue weighted by Gasteiger charge is -2.33. The molecule has 0 spiro atoms. The number of pyridine rings is 1. The van der Waals surface area contributed by atoms with Crippen molar-refractivity contribution in [2.24, 2.45) is 5.92 Å². The minimum atomic E-state index is -0.753. The van der Waals surface area contributed by atoms with Gasteiger partial charge in [-0.15, -0.1) is 0 Å².